The summed E-state index contributed by atoms with van der Waals surface area (Å²) in [6.45, 7) is 0. The van der Waals surface area contributed by atoms with E-state index in [9.17, 15) is 4.79 Å². The summed E-state index contributed by atoms with van der Waals surface area (Å²) in [5.41, 5.74) is 0.514. The third-order valence-electron chi connectivity index (χ3n) is 2.56. The number of nitrogens with one attached hydrogen (secondary N) is 2. The minimum absolute atomic E-state index is 0.407. The number of ether oxygens (including phenoxy) is 2. The van der Waals surface area contributed by atoms with E-state index in [0.29, 0.717) is 23.0 Å². The van der Waals surface area contributed by atoms with Gasteiger partial charge in [-0.25, -0.2) is 9.78 Å². The van der Waals surface area contributed by atoms with Crippen LogP contribution < -0.4 is 20.1 Å². The molecule has 0 fully saturated rings. The van der Waals surface area contributed by atoms with Crippen LogP contribution >= 0.6 is 0 Å². The second-order valence-electron chi connectivity index (χ2n) is 3.86. The first-order valence-electron chi connectivity index (χ1n) is 5.94. The van der Waals surface area contributed by atoms with Gasteiger partial charge in [0.1, 0.15) is 17.3 Å². The van der Waals surface area contributed by atoms with Gasteiger partial charge in [0.05, 0.1) is 19.9 Å². The van der Waals surface area contributed by atoms with Crippen molar-refractivity contribution < 1.29 is 14.3 Å². The number of carbonyl (C=O) groups is 1. The van der Waals surface area contributed by atoms with E-state index in [0.717, 1.165) is 0 Å². The molecule has 2 rings (SSSR count). The third-order valence-corrected chi connectivity index (χ3v) is 2.56. The Morgan fingerprint density at radius 1 is 1.10 bits per heavy atom. The SMILES string of the molecule is COc1ccc(OC)c(NC(=O)Nc2ccccn2)c1. The Balaban J connectivity index is 2.10. The van der Waals surface area contributed by atoms with Crippen molar-refractivity contribution in [1.82, 2.24) is 4.98 Å². The molecule has 104 valence electrons. The Morgan fingerprint density at radius 3 is 2.60 bits per heavy atom. The summed E-state index contributed by atoms with van der Waals surface area (Å²) in [4.78, 5) is 15.9. The highest BCUT2D eigenvalue weighted by atomic mass is 16.5. The maximum absolute atomic E-state index is 11.9. The van der Waals surface area contributed by atoms with E-state index in [1.165, 1.54) is 7.11 Å². The Morgan fingerprint density at radius 2 is 1.95 bits per heavy atom. The van der Waals surface area contributed by atoms with Crippen LogP contribution in [0.5, 0.6) is 11.5 Å². The summed E-state index contributed by atoms with van der Waals surface area (Å²) in [7, 11) is 3.09. The molecule has 0 saturated heterocycles. The molecule has 0 spiro atoms. The number of amides is 2. The fourth-order valence-corrected chi connectivity index (χ4v) is 1.62. The second kappa shape index (κ2) is 6.42. The van der Waals surface area contributed by atoms with Gasteiger partial charge < -0.3 is 14.8 Å². The molecule has 1 aromatic carbocycles. The number of rotatable bonds is 4. The number of benzene rings is 1. The van der Waals surface area contributed by atoms with Gasteiger partial charge in [-0.05, 0) is 24.3 Å². The Bertz CT molecular complexity index is 587. The highest BCUT2D eigenvalue weighted by molar-refractivity contribution is 6.00. The van der Waals surface area contributed by atoms with Crippen molar-refractivity contribution in [3.05, 3.63) is 42.6 Å². The first-order valence-corrected chi connectivity index (χ1v) is 5.94. The van der Waals surface area contributed by atoms with Gasteiger partial charge in [0.2, 0.25) is 0 Å². The highest BCUT2D eigenvalue weighted by Crippen LogP contribution is 2.28. The van der Waals surface area contributed by atoms with Crippen molar-refractivity contribution >= 4 is 17.5 Å². The molecule has 0 bridgehead atoms. The zero-order valence-corrected chi connectivity index (χ0v) is 11.2. The minimum atomic E-state index is -0.407. The summed E-state index contributed by atoms with van der Waals surface area (Å²) < 4.78 is 10.3. The van der Waals surface area contributed by atoms with Gasteiger partial charge in [0.25, 0.3) is 0 Å². The van der Waals surface area contributed by atoms with E-state index in [-0.39, 0.29) is 0 Å². The standard InChI is InChI=1S/C14H15N3O3/c1-19-10-6-7-12(20-2)11(9-10)16-14(18)17-13-5-3-4-8-15-13/h3-9H,1-2H3,(H2,15,16,17,18). The summed E-state index contributed by atoms with van der Waals surface area (Å²) in [5, 5.41) is 5.31. The van der Waals surface area contributed by atoms with Gasteiger partial charge >= 0.3 is 6.03 Å². The molecule has 0 radical (unpaired) electrons. The van der Waals surface area contributed by atoms with Crippen molar-refractivity contribution in [1.29, 1.82) is 0 Å². The number of urea groups is 1. The van der Waals surface area contributed by atoms with Crippen LogP contribution in [-0.2, 0) is 0 Å². The summed E-state index contributed by atoms with van der Waals surface area (Å²) >= 11 is 0. The van der Waals surface area contributed by atoms with E-state index < -0.39 is 6.03 Å². The third kappa shape index (κ3) is 3.38. The average Bonchev–Trinajstić information content (AvgIpc) is 2.48. The Labute approximate surface area is 116 Å². The predicted molar refractivity (Wildman–Crippen MR) is 76.4 cm³/mol. The topological polar surface area (TPSA) is 72.5 Å². The van der Waals surface area contributed by atoms with Crippen LogP contribution in [-0.4, -0.2) is 25.2 Å². The van der Waals surface area contributed by atoms with Gasteiger partial charge in [-0.1, -0.05) is 6.07 Å². The number of aromatic nitrogens is 1. The van der Waals surface area contributed by atoms with Crippen LogP contribution in [0, 0.1) is 0 Å². The highest BCUT2D eigenvalue weighted by Gasteiger charge is 2.09. The normalized spacial score (nSPS) is 9.70. The summed E-state index contributed by atoms with van der Waals surface area (Å²) in [5.74, 6) is 1.63. The molecule has 0 unspecified atom stereocenters. The number of nitrogens with zero attached hydrogens (tertiary/aromatic N) is 1. The molecule has 1 aromatic heterocycles. The molecule has 2 aromatic rings. The number of hydrogen-bond donors (Lipinski definition) is 2. The monoisotopic (exact) mass is 273 g/mol. The molecule has 1 heterocycles. The molecule has 0 atom stereocenters. The van der Waals surface area contributed by atoms with Crippen LogP contribution in [0.25, 0.3) is 0 Å². The predicted octanol–water partition coefficient (Wildman–Crippen LogP) is 2.74. The lowest BCUT2D eigenvalue weighted by molar-refractivity contribution is 0.262. The number of hydrogen-bond acceptors (Lipinski definition) is 4. The molecule has 6 nitrogen and oxygen atoms in total. The van der Waals surface area contributed by atoms with Gasteiger partial charge in [0, 0.05) is 12.3 Å². The largest absolute Gasteiger partial charge is 0.497 e. The van der Waals surface area contributed by atoms with Crippen LogP contribution in [0.2, 0.25) is 0 Å². The lowest BCUT2D eigenvalue weighted by atomic mass is 10.2. The molecule has 20 heavy (non-hydrogen) atoms. The van der Waals surface area contributed by atoms with Crippen molar-refractivity contribution in [2.45, 2.75) is 0 Å². The van der Waals surface area contributed by atoms with Crippen molar-refractivity contribution in [2.75, 3.05) is 24.9 Å². The zero-order chi connectivity index (χ0) is 14.4. The average molecular weight is 273 g/mol. The number of anilines is 2. The maximum Gasteiger partial charge on any atom is 0.324 e. The molecule has 0 aliphatic heterocycles. The van der Waals surface area contributed by atoms with Gasteiger partial charge in [-0.3, -0.25) is 5.32 Å². The van der Waals surface area contributed by atoms with Crippen molar-refractivity contribution in [3.63, 3.8) is 0 Å². The molecule has 0 saturated carbocycles. The van der Waals surface area contributed by atoms with E-state index in [2.05, 4.69) is 15.6 Å². The first kappa shape index (κ1) is 13.7. The van der Waals surface area contributed by atoms with E-state index in [1.54, 1.807) is 49.7 Å². The smallest absolute Gasteiger partial charge is 0.324 e. The maximum atomic E-state index is 11.9. The Hall–Kier alpha value is -2.76. The Kier molecular flexibility index (Phi) is 4.39. The van der Waals surface area contributed by atoms with Crippen LogP contribution in [0.4, 0.5) is 16.3 Å². The van der Waals surface area contributed by atoms with Gasteiger partial charge in [-0.15, -0.1) is 0 Å². The van der Waals surface area contributed by atoms with E-state index in [1.807, 2.05) is 0 Å². The fraction of sp³-hybridized carbons (Fsp3) is 0.143. The van der Waals surface area contributed by atoms with Gasteiger partial charge in [0.15, 0.2) is 0 Å². The van der Waals surface area contributed by atoms with Crippen LogP contribution in [0.15, 0.2) is 42.6 Å². The fourth-order valence-electron chi connectivity index (χ4n) is 1.62. The first-order chi connectivity index (χ1) is 9.72. The zero-order valence-electron chi connectivity index (χ0n) is 11.2. The molecule has 2 amide bonds. The molecule has 0 aliphatic carbocycles. The number of methoxy groups -OCH3 is 2. The number of pyridine rings is 1. The molecule has 0 aliphatic rings. The van der Waals surface area contributed by atoms with Crippen LogP contribution in [0.1, 0.15) is 0 Å². The molecular weight excluding hydrogens is 258 g/mol. The molecular formula is C14H15N3O3. The van der Waals surface area contributed by atoms with E-state index >= 15 is 0 Å². The molecule has 6 heteroatoms. The van der Waals surface area contributed by atoms with Crippen molar-refractivity contribution in [2.24, 2.45) is 0 Å². The number of carbonyl (C=O) groups excluding carboxylic acids is 1. The quantitative estimate of drug-likeness (QED) is 0.898. The summed E-state index contributed by atoms with van der Waals surface area (Å²) in [6, 6.07) is 9.99. The van der Waals surface area contributed by atoms with Crippen molar-refractivity contribution in [3.8, 4) is 11.5 Å². The lowest BCUT2D eigenvalue weighted by Crippen LogP contribution is -2.20. The lowest BCUT2D eigenvalue weighted by Gasteiger charge is -2.12. The minimum Gasteiger partial charge on any atom is -0.497 e. The van der Waals surface area contributed by atoms with Crippen LogP contribution in [0.3, 0.4) is 0 Å². The molecule has 2 N–H and O–H groups in total. The summed E-state index contributed by atoms with van der Waals surface area (Å²) in [6.07, 6.45) is 1.60. The van der Waals surface area contributed by atoms with Gasteiger partial charge in [-0.2, -0.15) is 0 Å². The second-order valence-corrected chi connectivity index (χ2v) is 3.86. The van der Waals surface area contributed by atoms with E-state index in [4.69, 9.17) is 9.47 Å².